The zero-order chi connectivity index (χ0) is 17.1. The van der Waals surface area contributed by atoms with Crippen molar-refractivity contribution in [3.8, 4) is 5.75 Å². The van der Waals surface area contributed by atoms with Crippen LogP contribution in [-0.2, 0) is 0 Å². The van der Waals surface area contributed by atoms with Gasteiger partial charge < -0.3 is 10.5 Å². The molecule has 2 rings (SSSR count). The highest BCUT2D eigenvalue weighted by Gasteiger charge is 2.15. The average molecular weight is 332 g/mol. The number of Topliss-reactive ketones (excluding diaryl/α,β-unsaturated/α-hetero) is 1. The molecule has 0 aromatic heterocycles. The van der Waals surface area contributed by atoms with Crippen LogP contribution in [0.2, 0.25) is 5.02 Å². The molecule has 2 N–H and O–H groups in total. The van der Waals surface area contributed by atoms with Crippen molar-refractivity contribution in [2.24, 2.45) is 5.73 Å². The van der Waals surface area contributed by atoms with Gasteiger partial charge in [-0.3, -0.25) is 9.59 Å². The number of primary amides is 1. The Bertz CT molecular complexity index is 784. The van der Waals surface area contributed by atoms with E-state index in [4.69, 9.17) is 22.1 Å². The number of carbonyl (C=O) groups excluding carboxylic acids is 2. The first kappa shape index (κ1) is 17.0. The SMILES string of the molecule is Cc1cc(C)c(C(=O)COc2ccc(Cl)cc2C(N)=O)cc1C. The number of hydrogen-bond acceptors (Lipinski definition) is 3. The van der Waals surface area contributed by atoms with Crippen LogP contribution in [0, 0.1) is 20.8 Å². The zero-order valence-electron chi connectivity index (χ0n) is 13.3. The van der Waals surface area contributed by atoms with Crippen LogP contribution in [0.4, 0.5) is 0 Å². The fourth-order valence-electron chi connectivity index (χ4n) is 2.30. The maximum Gasteiger partial charge on any atom is 0.252 e. The summed E-state index contributed by atoms with van der Waals surface area (Å²) in [6, 6.07) is 8.36. The molecule has 1 amide bonds. The number of halogens is 1. The van der Waals surface area contributed by atoms with Crippen molar-refractivity contribution >= 4 is 23.3 Å². The Morgan fingerprint density at radius 1 is 1.00 bits per heavy atom. The minimum atomic E-state index is -0.655. The van der Waals surface area contributed by atoms with Gasteiger partial charge in [0.05, 0.1) is 5.56 Å². The maximum absolute atomic E-state index is 12.4. The molecule has 0 heterocycles. The van der Waals surface area contributed by atoms with Crippen molar-refractivity contribution < 1.29 is 14.3 Å². The highest BCUT2D eigenvalue weighted by Crippen LogP contribution is 2.23. The van der Waals surface area contributed by atoms with Crippen LogP contribution < -0.4 is 10.5 Å². The molecule has 0 aliphatic heterocycles. The van der Waals surface area contributed by atoms with Crippen LogP contribution in [0.15, 0.2) is 30.3 Å². The second kappa shape index (κ2) is 6.84. The summed E-state index contributed by atoms with van der Waals surface area (Å²) in [5, 5.41) is 0.377. The average Bonchev–Trinajstić information content (AvgIpc) is 2.49. The van der Waals surface area contributed by atoms with E-state index < -0.39 is 5.91 Å². The van der Waals surface area contributed by atoms with Crippen LogP contribution in [0.5, 0.6) is 5.75 Å². The lowest BCUT2D eigenvalue weighted by molar-refractivity contribution is 0.0911. The Balaban J connectivity index is 2.20. The summed E-state index contributed by atoms with van der Waals surface area (Å²) < 4.78 is 5.49. The monoisotopic (exact) mass is 331 g/mol. The molecule has 23 heavy (non-hydrogen) atoms. The van der Waals surface area contributed by atoms with E-state index in [0.717, 1.165) is 16.7 Å². The summed E-state index contributed by atoms with van der Waals surface area (Å²) in [6.07, 6.45) is 0. The van der Waals surface area contributed by atoms with Gasteiger partial charge in [0.25, 0.3) is 5.91 Å². The van der Waals surface area contributed by atoms with Crippen LogP contribution in [0.3, 0.4) is 0 Å². The molecule has 0 saturated carbocycles. The van der Waals surface area contributed by atoms with Crippen molar-refractivity contribution in [3.63, 3.8) is 0 Å². The van der Waals surface area contributed by atoms with E-state index in [1.54, 1.807) is 6.07 Å². The summed E-state index contributed by atoms with van der Waals surface area (Å²) in [4.78, 5) is 23.8. The van der Waals surface area contributed by atoms with Gasteiger partial charge in [-0.1, -0.05) is 17.7 Å². The van der Waals surface area contributed by atoms with E-state index >= 15 is 0 Å². The predicted molar refractivity (Wildman–Crippen MR) is 90.4 cm³/mol. The Hall–Kier alpha value is -2.33. The Kier molecular flexibility index (Phi) is 5.06. The molecule has 0 aliphatic carbocycles. The van der Waals surface area contributed by atoms with Gasteiger partial charge in [0.15, 0.2) is 12.4 Å². The lowest BCUT2D eigenvalue weighted by atomic mass is 9.98. The fourth-order valence-corrected chi connectivity index (χ4v) is 2.47. The minimum absolute atomic E-state index is 0.155. The molecule has 2 aromatic carbocycles. The minimum Gasteiger partial charge on any atom is -0.485 e. The van der Waals surface area contributed by atoms with Crippen molar-refractivity contribution in [1.82, 2.24) is 0 Å². The third-order valence-electron chi connectivity index (χ3n) is 3.71. The quantitative estimate of drug-likeness (QED) is 0.851. The molecular weight excluding hydrogens is 314 g/mol. The number of amides is 1. The summed E-state index contributed by atoms with van der Waals surface area (Å²) in [7, 11) is 0. The molecule has 2 aromatic rings. The number of rotatable bonds is 5. The summed E-state index contributed by atoms with van der Waals surface area (Å²) in [5.41, 5.74) is 9.14. The number of hydrogen-bond donors (Lipinski definition) is 1. The highest BCUT2D eigenvalue weighted by molar-refractivity contribution is 6.31. The molecule has 0 unspecified atom stereocenters. The van der Waals surface area contributed by atoms with Crippen molar-refractivity contribution in [2.45, 2.75) is 20.8 Å². The molecule has 0 fully saturated rings. The molecule has 0 spiro atoms. The van der Waals surface area contributed by atoms with Crippen molar-refractivity contribution in [3.05, 3.63) is 63.2 Å². The van der Waals surface area contributed by atoms with Gasteiger partial charge in [-0.15, -0.1) is 0 Å². The molecule has 0 saturated heterocycles. The predicted octanol–water partition coefficient (Wildman–Crippen LogP) is 3.63. The third-order valence-corrected chi connectivity index (χ3v) is 3.94. The number of ketones is 1. The summed E-state index contributed by atoms with van der Waals surface area (Å²) >= 11 is 5.84. The fraction of sp³-hybridized carbons (Fsp3) is 0.222. The van der Waals surface area contributed by atoms with E-state index in [1.807, 2.05) is 32.9 Å². The van der Waals surface area contributed by atoms with Crippen LogP contribution >= 0.6 is 11.6 Å². The number of ether oxygens (including phenoxy) is 1. The van der Waals surface area contributed by atoms with E-state index in [-0.39, 0.29) is 23.7 Å². The van der Waals surface area contributed by atoms with Gasteiger partial charge in [-0.25, -0.2) is 0 Å². The number of aryl methyl sites for hydroxylation is 3. The van der Waals surface area contributed by atoms with Crippen molar-refractivity contribution in [1.29, 1.82) is 0 Å². The first-order valence-corrected chi connectivity index (χ1v) is 7.50. The lowest BCUT2D eigenvalue weighted by Crippen LogP contribution is -2.17. The highest BCUT2D eigenvalue weighted by atomic mass is 35.5. The molecule has 120 valence electrons. The molecule has 4 nitrogen and oxygen atoms in total. The summed E-state index contributed by atoms with van der Waals surface area (Å²) in [5.74, 6) is -0.565. The van der Waals surface area contributed by atoms with Gasteiger partial charge in [0.1, 0.15) is 5.75 Å². The van der Waals surface area contributed by atoms with Gasteiger partial charge in [0.2, 0.25) is 0 Å². The molecule has 0 aliphatic rings. The van der Waals surface area contributed by atoms with Crippen LogP contribution in [0.25, 0.3) is 0 Å². The smallest absolute Gasteiger partial charge is 0.252 e. The van der Waals surface area contributed by atoms with Crippen molar-refractivity contribution in [2.75, 3.05) is 6.61 Å². The zero-order valence-corrected chi connectivity index (χ0v) is 14.0. The first-order valence-electron chi connectivity index (χ1n) is 7.12. The van der Waals surface area contributed by atoms with Crippen LogP contribution in [-0.4, -0.2) is 18.3 Å². The number of nitrogens with two attached hydrogens (primary N) is 1. The second-order valence-electron chi connectivity index (χ2n) is 5.47. The number of carbonyl (C=O) groups is 2. The maximum atomic E-state index is 12.4. The van der Waals surface area contributed by atoms with Gasteiger partial charge >= 0.3 is 0 Å². The third kappa shape index (κ3) is 3.90. The Morgan fingerprint density at radius 2 is 1.65 bits per heavy atom. The van der Waals surface area contributed by atoms with Gasteiger partial charge in [-0.2, -0.15) is 0 Å². The molecule has 5 heteroatoms. The van der Waals surface area contributed by atoms with E-state index in [2.05, 4.69) is 0 Å². The lowest BCUT2D eigenvalue weighted by Gasteiger charge is -2.12. The normalized spacial score (nSPS) is 10.4. The second-order valence-corrected chi connectivity index (χ2v) is 5.90. The first-order chi connectivity index (χ1) is 10.8. The van der Waals surface area contributed by atoms with Crippen LogP contribution in [0.1, 0.15) is 37.4 Å². The summed E-state index contributed by atoms with van der Waals surface area (Å²) in [6.45, 7) is 5.67. The molecule has 0 bridgehead atoms. The van der Waals surface area contributed by atoms with Gasteiger partial charge in [0, 0.05) is 10.6 Å². The van der Waals surface area contributed by atoms with E-state index in [1.165, 1.54) is 12.1 Å². The number of benzene rings is 2. The molecule has 0 atom stereocenters. The Morgan fingerprint density at radius 3 is 2.30 bits per heavy atom. The molecule has 0 radical (unpaired) electrons. The topological polar surface area (TPSA) is 69.4 Å². The van der Waals surface area contributed by atoms with Gasteiger partial charge in [-0.05, 0) is 61.7 Å². The Labute approximate surface area is 140 Å². The van der Waals surface area contributed by atoms with E-state index in [9.17, 15) is 9.59 Å². The largest absolute Gasteiger partial charge is 0.485 e. The standard InChI is InChI=1S/C18H18ClNO3/c1-10-6-12(3)14(7-11(10)2)16(21)9-23-17-5-4-13(19)8-15(17)18(20)22/h4-8H,9H2,1-3H3,(H2,20,22). The molecular formula is C18H18ClNO3. The van der Waals surface area contributed by atoms with E-state index in [0.29, 0.717) is 10.6 Å².